The van der Waals surface area contributed by atoms with Gasteiger partial charge in [0, 0.05) is 45.3 Å². The van der Waals surface area contributed by atoms with E-state index in [1.165, 1.54) is 0 Å². The van der Waals surface area contributed by atoms with E-state index in [1.807, 2.05) is 25.1 Å². The van der Waals surface area contributed by atoms with Crippen molar-refractivity contribution in [2.24, 2.45) is 5.92 Å². The van der Waals surface area contributed by atoms with E-state index in [2.05, 4.69) is 20.4 Å². The van der Waals surface area contributed by atoms with Gasteiger partial charge in [-0.15, -0.1) is 0 Å². The summed E-state index contributed by atoms with van der Waals surface area (Å²) in [4.78, 5) is 23.4. The normalized spacial score (nSPS) is 17.8. The third-order valence-corrected chi connectivity index (χ3v) is 4.50. The standard InChI is InChI=1S/C17H24N6O/c1-3-23-12-14(10-21-23)17(24)22-8-4-5-13(11-22)9-15-16(18-2)20-7-6-19-15/h6-7,10,12-13H,3-5,8-9,11H2,1-2H3,(H,18,20)/t13-/m0/s1. The first-order chi connectivity index (χ1) is 11.7. The second-order valence-corrected chi connectivity index (χ2v) is 6.15. The van der Waals surface area contributed by atoms with E-state index < -0.39 is 0 Å². The lowest BCUT2D eigenvalue weighted by Gasteiger charge is -2.32. The third-order valence-electron chi connectivity index (χ3n) is 4.50. The molecule has 24 heavy (non-hydrogen) atoms. The predicted molar refractivity (Wildman–Crippen MR) is 91.8 cm³/mol. The molecule has 0 saturated carbocycles. The average molecular weight is 328 g/mol. The molecule has 0 aromatic carbocycles. The Morgan fingerprint density at radius 3 is 2.96 bits per heavy atom. The number of nitrogens with zero attached hydrogens (tertiary/aromatic N) is 5. The highest BCUT2D eigenvalue weighted by Gasteiger charge is 2.26. The largest absolute Gasteiger partial charge is 0.372 e. The van der Waals surface area contributed by atoms with Crippen molar-refractivity contribution in [2.45, 2.75) is 32.7 Å². The molecule has 1 fully saturated rings. The summed E-state index contributed by atoms with van der Waals surface area (Å²) in [7, 11) is 1.86. The molecule has 1 aliphatic heterocycles. The molecular weight excluding hydrogens is 304 g/mol. The van der Waals surface area contributed by atoms with Gasteiger partial charge in [0.15, 0.2) is 0 Å². The number of hydrogen-bond acceptors (Lipinski definition) is 5. The van der Waals surface area contributed by atoms with Gasteiger partial charge >= 0.3 is 0 Å². The first kappa shape index (κ1) is 16.4. The number of rotatable bonds is 5. The summed E-state index contributed by atoms with van der Waals surface area (Å²) in [6.45, 7) is 4.36. The Morgan fingerprint density at radius 2 is 2.21 bits per heavy atom. The van der Waals surface area contributed by atoms with Crippen molar-refractivity contribution >= 4 is 11.7 Å². The van der Waals surface area contributed by atoms with Crippen LogP contribution in [-0.4, -0.2) is 50.7 Å². The van der Waals surface area contributed by atoms with Crippen LogP contribution in [0.4, 0.5) is 5.82 Å². The number of carbonyl (C=O) groups is 1. The second-order valence-electron chi connectivity index (χ2n) is 6.15. The molecular formula is C17H24N6O. The van der Waals surface area contributed by atoms with Crippen LogP contribution in [0.15, 0.2) is 24.8 Å². The van der Waals surface area contributed by atoms with Gasteiger partial charge in [-0.3, -0.25) is 14.5 Å². The molecule has 0 aliphatic carbocycles. The number of carbonyl (C=O) groups excluding carboxylic acids is 1. The maximum atomic E-state index is 12.7. The van der Waals surface area contributed by atoms with Crippen LogP contribution in [0, 0.1) is 5.92 Å². The molecule has 1 aliphatic rings. The van der Waals surface area contributed by atoms with Gasteiger partial charge in [0.25, 0.3) is 5.91 Å². The Morgan fingerprint density at radius 1 is 1.38 bits per heavy atom. The Hall–Kier alpha value is -2.44. The molecule has 1 amide bonds. The fourth-order valence-electron chi connectivity index (χ4n) is 3.24. The lowest BCUT2D eigenvalue weighted by Crippen LogP contribution is -2.40. The number of piperidine rings is 1. The van der Waals surface area contributed by atoms with Crippen molar-refractivity contribution in [3.63, 3.8) is 0 Å². The Bertz CT molecular complexity index is 698. The van der Waals surface area contributed by atoms with Crippen molar-refractivity contribution in [2.75, 3.05) is 25.5 Å². The monoisotopic (exact) mass is 328 g/mol. The molecule has 0 unspecified atom stereocenters. The number of amides is 1. The van der Waals surface area contributed by atoms with Crippen molar-refractivity contribution in [1.29, 1.82) is 0 Å². The Labute approximate surface area is 142 Å². The fraction of sp³-hybridized carbons (Fsp3) is 0.529. The Kier molecular flexibility index (Phi) is 5.08. The van der Waals surface area contributed by atoms with Crippen LogP contribution in [0.3, 0.4) is 0 Å². The van der Waals surface area contributed by atoms with E-state index in [0.29, 0.717) is 11.5 Å². The molecule has 1 atom stereocenters. The number of nitrogens with one attached hydrogen (secondary N) is 1. The number of aryl methyl sites for hydroxylation is 1. The van der Waals surface area contributed by atoms with Crippen LogP contribution in [0.2, 0.25) is 0 Å². The quantitative estimate of drug-likeness (QED) is 0.906. The number of likely N-dealkylation sites (tertiary alicyclic amines) is 1. The second kappa shape index (κ2) is 7.42. The molecule has 0 spiro atoms. The van der Waals surface area contributed by atoms with E-state index >= 15 is 0 Å². The minimum absolute atomic E-state index is 0.0763. The average Bonchev–Trinajstić information content (AvgIpc) is 3.11. The minimum Gasteiger partial charge on any atom is -0.372 e. The van der Waals surface area contributed by atoms with Gasteiger partial charge in [0.2, 0.25) is 0 Å². The first-order valence-corrected chi connectivity index (χ1v) is 8.50. The summed E-state index contributed by atoms with van der Waals surface area (Å²) < 4.78 is 1.79. The highest BCUT2D eigenvalue weighted by atomic mass is 16.2. The van der Waals surface area contributed by atoms with E-state index in [1.54, 1.807) is 23.3 Å². The van der Waals surface area contributed by atoms with Crippen molar-refractivity contribution in [1.82, 2.24) is 24.6 Å². The number of anilines is 1. The zero-order chi connectivity index (χ0) is 16.9. The molecule has 0 bridgehead atoms. The maximum Gasteiger partial charge on any atom is 0.257 e. The molecule has 7 nitrogen and oxygen atoms in total. The predicted octanol–water partition coefficient (Wildman–Crippen LogP) is 1.83. The van der Waals surface area contributed by atoms with Crippen molar-refractivity contribution < 1.29 is 4.79 Å². The van der Waals surface area contributed by atoms with Gasteiger partial charge in [0.05, 0.1) is 17.5 Å². The Balaban J connectivity index is 1.66. The van der Waals surface area contributed by atoms with Gasteiger partial charge < -0.3 is 10.2 Å². The van der Waals surface area contributed by atoms with E-state index in [-0.39, 0.29) is 5.91 Å². The van der Waals surface area contributed by atoms with Gasteiger partial charge in [-0.05, 0) is 32.1 Å². The summed E-state index contributed by atoms with van der Waals surface area (Å²) in [6, 6.07) is 0. The SMILES string of the molecule is CCn1cc(C(=O)N2CCC[C@@H](Cc3nccnc3NC)C2)cn1. The van der Waals surface area contributed by atoms with Crippen molar-refractivity contribution in [3.8, 4) is 0 Å². The molecule has 3 rings (SSSR count). The van der Waals surface area contributed by atoms with Crippen LogP contribution < -0.4 is 5.32 Å². The highest BCUT2D eigenvalue weighted by molar-refractivity contribution is 5.93. The summed E-state index contributed by atoms with van der Waals surface area (Å²) >= 11 is 0. The van der Waals surface area contributed by atoms with E-state index in [9.17, 15) is 4.79 Å². The molecule has 2 aromatic rings. The van der Waals surface area contributed by atoms with E-state index in [0.717, 1.165) is 50.4 Å². The maximum absolute atomic E-state index is 12.7. The fourth-order valence-corrected chi connectivity index (χ4v) is 3.24. The van der Waals surface area contributed by atoms with Crippen LogP contribution in [-0.2, 0) is 13.0 Å². The lowest BCUT2D eigenvalue weighted by atomic mass is 9.93. The molecule has 7 heteroatoms. The molecule has 1 saturated heterocycles. The number of aromatic nitrogens is 4. The summed E-state index contributed by atoms with van der Waals surface area (Å²) in [5, 5.41) is 7.29. The zero-order valence-electron chi connectivity index (χ0n) is 14.3. The van der Waals surface area contributed by atoms with Crippen LogP contribution in [0.5, 0.6) is 0 Å². The summed E-state index contributed by atoms with van der Waals surface area (Å²) in [5.74, 6) is 1.31. The first-order valence-electron chi connectivity index (χ1n) is 8.50. The van der Waals surface area contributed by atoms with Gasteiger partial charge in [0.1, 0.15) is 5.82 Å². The summed E-state index contributed by atoms with van der Waals surface area (Å²) in [5.41, 5.74) is 1.64. The molecule has 128 valence electrons. The minimum atomic E-state index is 0.0763. The number of hydrogen-bond donors (Lipinski definition) is 1. The topological polar surface area (TPSA) is 75.9 Å². The summed E-state index contributed by atoms with van der Waals surface area (Å²) in [6.07, 6.45) is 9.87. The smallest absolute Gasteiger partial charge is 0.257 e. The molecule has 1 N–H and O–H groups in total. The van der Waals surface area contributed by atoms with Gasteiger partial charge in [-0.2, -0.15) is 5.10 Å². The molecule has 2 aromatic heterocycles. The van der Waals surface area contributed by atoms with Crippen molar-refractivity contribution in [3.05, 3.63) is 36.0 Å². The highest BCUT2D eigenvalue weighted by Crippen LogP contribution is 2.23. The lowest BCUT2D eigenvalue weighted by molar-refractivity contribution is 0.0673. The van der Waals surface area contributed by atoms with Crippen LogP contribution in [0.25, 0.3) is 0 Å². The van der Waals surface area contributed by atoms with Gasteiger partial charge in [-0.1, -0.05) is 0 Å². The molecule has 0 radical (unpaired) electrons. The van der Waals surface area contributed by atoms with E-state index in [4.69, 9.17) is 0 Å². The van der Waals surface area contributed by atoms with Crippen LogP contribution in [0.1, 0.15) is 35.8 Å². The molecule has 3 heterocycles. The van der Waals surface area contributed by atoms with Crippen LogP contribution >= 0.6 is 0 Å². The van der Waals surface area contributed by atoms with Gasteiger partial charge in [-0.25, -0.2) is 4.98 Å². The zero-order valence-corrected chi connectivity index (χ0v) is 14.3. The third kappa shape index (κ3) is 3.55.